The van der Waals surface area contributed by atoms with Crippen LogP contribution < -0.4 is 10.7 Å². The van der Waals surface area contributed by atoms with Gasteiger partial charge in [0, 0.05) is 22.3 Å². The molecule has 4 rings (SSSR count). The highest BCUT2D eigenvalue weighted by Crippen LogP contribution is 2.23. The molecule has 0 fully saturated rings. The van der Waals surface area contributed by atoms with Crippen LogP contribution in [0.15, 0.2) is 87.5 Å². The van der Waals surface area contributed by atoms with E-state index >= 15 is 0 Å². The molecule has 4 aromatic rings. The average Bonchev–Trinajstić information content (AvgIpc) is 2.77. The monoisotopic (exact) mass is 480 g/mol. The molecule has 6 nitrogen and oxygen atoms in total. The molecule has 0 spiro atoms. The van der Waals surface area contributed by atoms with Crippen LogP contribution in [0.25, 0.3) is 10.9 Å². The van der Waals surface area contributed by atoms with Crippen molar-refractivity contribution in [3.8, 4) is 0 Å². The van der Waals surface area contributed by atoms with Gasteiger partial charge in [0.2, 0.25) is 21.2 Å². The van der Waals surface area contributed by atoms with Gasteiger partial charge in [-0.15, -0.1) is 0 Å². The number of sulfone groups is 1. The van der Waals surface area contributed by atoms with E-state index in [9.17, 15) is 18.0 Å². The lowest BCUT2D eigenvalue weighted by atomic mass is 10.1. The number of fused-ring (bicyclic) bond motifs is 1. The third-order valence-corrected chi connectivity index (χ3v) is 7.28. The van der Waals surface area contributed by atoms with Gasteiger partial charge in [-0.1, -0.05) is 40.9 Å². The van der Waals surface area contributed by atoms with Crippen molar-refractivity contribution in [2.24, 2.45) is 0 Å². The molecule has 0 radical (unpaired) electrons. The molecule has 0 saturated heterocycles. The first-order valence-electron chi connectivity index (χ1n) is 10.2. The van der Waals surface area contributed by atoms with Gasteiger partial charge < -0.3 is 9.88 Å². The summed E-state index contributed by atoms with van der Waals surface area (Å²) in [5.41, 5.74) is 2.35. The zero-order valence-electron chi connectivity index (χ0n) is 18.0. The number of rotatable bonds is 5. The number of pyridine rings is 1. The molecular formula is C25H21ClN2O4S. The van der Waals surface area contributed by atoms with Gasteiger partial charge in [-0.05, 0) is 62.4 Å². The number of halogens is 1. The molecule has 0 aliphatic heterocycles. The Balaban J connectivity index is 1.81. The molecule has 1 aromatic heterocycles. The third-order valence-electron chi connectivity index (χ3n) is 5.27. The van der Waals surface area contributed by atoms with Crippen LogP contribution in [0.2, 0.25) is 5.02 Å². The molecule has 8 heteroatoms. The first kappa shape index (κ1) is 22.8. The lowest BCUT2D eigenvalue weighted by molar-refractivity contribution is -0.116. The van der Waals surface area contributed by atoms with E-state index in [1.54, 1.807) is 24.3 Å². The number of nitrogens with zero attached hydrogens (tertiary/aromatic N) is 1. The van der Waals surface area contributed by atoms with Gasteiger partial charge in [0.05, 0.1) is 10.4 Å². The highest BCUT2D eigenvalue weighted by atomic mass is 35.5. The summed E-state index contributed by atoms with van der Waals surface area (Å²) in [5, 5.41) is 3.41. The smallest absolute Gasteiger partial charge is 0.244 e. The number of benzene rings is 3. The average molecular weight is 481 g/mol. The topological polar surface area (TPSA) is 85.2 Å². The summed E-state index contributed by atoms with van der Waals surface area (Å²) in [6.07, 6.45) is 1.23. The fourth-order valence-corrected chi connectivity index (χ4v) is 5.03. The largest absolute Gasteiger partial charge is 0.336 e. The van der Waals surface area contributed by atoms with Crippen LogP contribution in [0.5, 0.6) is 0 Å². The van der Waals surface area contributed by atoms with E-state index in [0.29, 0.717) is 16.2 Å². The fraction of sp³-hybridized carbons (Fsp3) is 0.120. The van der Waals surface area contributed by atoms with Crippen LogP contribution in [0.1, 0.15) is 11.1 Å². The summed E-state index contributed by atoms with van der Waals surface area (Å²) in [4.78, 5) is 25.5. The SMILES string of the molecule is Cc1ccc(NC(=O)Cn2cc(S(=O)(=O)c3ccc(Cl)cc3)c(=O)c3cc(C)ccc32)cc1. The Kier molecular flexibility index (Phi) is 6.10. The molecule has 33 heavy (non-hydrogen) atoms. The van der Waals surface area contributed by atoms with Crippen LogP contribution >= 0.6 is 11.6 Å². The summed E-state index contributed by atoms with van der Waals surface area (Å²) in [6.45, 7) is 3.59. The molecule has 0 unspecified atom stereocenters. The number of nitrogens with one attached hydrogen (secondary N) is 1. The molecule has 3 aromatic carbocycles. The van der Waals surface area contributed by atoms with E-state index in [2.05, 4.69) is 5.32 Å². The van der Waals surface area contributed by atoms with Crippen molar-refractivity contribution in [2.45, 2.75) is 30.2 Å². The highest BCUT2D eigenvalue weighted by Gasteiger charge is 2.24. The van der Waals surface area contributed by atoms with Gasteiger partial charge >= 0.3 is 0 Å². The van der Waals surface area contributed by atoms with E-state index < -0.39 is 20.2 Å². The second kappa shape index (κ2) is 8.84. The Hall–Kier alpha value is -3.42. The van der Waals surface area contributed by atoms with E-state index in [1.165, 1.54) is 35.0 Å². The van der Waals surface area contributed by atoms with Gasteiger partial charge in [0.15, 0.2) is 0 Å². The maximum absolute atomic E-state index is 13.3. The minimum atomic E-state index is -4.14. The van der Waals surface area contributed by atoms with Crippen LogP contribution in [0.3, 0.4) is 0 Å². The Morgan fingerprint density at radius 1 is 0.939 bits per heavy atom. The van der Waals surface area contributed by atoms with Crippen molar-refractivity contribution in [3.63, 3.8) is 0 Å². The Labute approximate surface area is 196 Å². The number of hydrogen-bond acceptors (Lipinski definition) is 4. The lowest BCUT2D eigenvalue weighted by Gasteiger charge is -2.15. The number of anilines is 1. The molecule has 0 aliphatic carbocycles. The quantitative estimate of drug-likeness (QED) is 0.447. The first-order valence-corrected chi connectivity index (χ1v) is 12.0. The normalized spacial score (nSPS) is 11.5. The number of carbonyl (C=O) groups excluding carboxylic acids is 1. The van der Waals surface area contributed by atoms with E-state index in [1.807, 2.05) is 32.0 Å². The van der Waals surface area contributed by atoms with Crippen molar-refractivity contribution < 1.29 is 13.2 Å². The molecule has 1 heterocycles. The molecule has 0 saturated carbocycles. The fourth-order valence-electron chi connectivity index (χ4n) is 3.54. The van der Waals surface area contributed by atoms with Crippen LogP contribution in [-0.2, 0) is 21.2 Å². The Morgan fingerprint density at radius 2 is 1.58 bits per heavy atom. The second-order valence-corrected chi connectivity index (χ2v) is 10.2. The van der Waals surface area contributed by atoms with Crippen LogP contribution in [-0.4, -0.2) is 18.9 Å². The number of aromatic nitrogens is 1. The number of aryl methyl sites for hydroxylation is 2. The molecule has 1 N–H and O–H groups in total. The van der Waals surface area contributed by atoms with Crippen molar-refractivity contribution in [1.82, 2.24) is 4.57 Å². The summed E-state index contributed by atoms with van der Waals surface area (Å²) in [7, 11) is -4.14. The van der Waals surface area contributed by atoms with Crippen molar-refractivity contribution in [3.05, 3.63) is 99.3 Å². The second-order valence-electron chi connectivity index (χ2n) is 7.84. The summed E-state index contributed by atoms with van der Waals surface area (Å²) in [5.74, 6) is -0.348. The van der Waals surface area contributed by atoms with Crippen molar-refractivity contribution in [2.75, 3.05) is 5.32 Å². The van der Waals surface area contributed by atoms with Crippen molar-refractivity contribution in [1.29, 1.82) is 0 Å². The van der Waals surface area contributed by atoms with Crippen molar-refractivity contribution >= 4 is 43.9 Å². The predicted molar refractivity (Wildman–Crippen MR) is 130 cm³/mol. The van der Waals surface area contributed by atoms with Crippen LogP contribution in [0, 0.1) is 13.8 Å². The Bertz CT molecular complexity index is 1520. The van der Waals surface area contributed by atoms with Gasteiger partial charge in [-0.25, -0.2) is 8.42 Å². The highest BCUT2D eigenvalue weighted by molar-refractivity contribution is 7.91. The van der Waals surface area contributed by atoms with Gasteiger partial charge in [0.25, 0.3) is 0 Å². The van der Waals surface area contributed by atoms with E-state index in [0.717, 1.165) is 11.1 Å². The molecule has 0 aliphatic rings. The minimum Gasteiger partial charge on any atom is -0.336 e. The predicted octanol–water partition coefficient (Wildman–Crippen LogP) is 4.74. The van der Waals surface area contributed by atoms with E-state index in [4.69, 9.17) is 11.6 Å². The molecular weight excluding hydrogens is 460 g/mol. The summed E-state index contributed by atoms with van der Waals surface area (Å²) < 4.78 is 28.1. The lowest BCUT2D eigenvalue weighted by Crippen LogP contribution is -2.24. The van der Waals surface area contributed by atoms with Gasteiger partial charge in [-0.3, -0.25) is 9.59 Å². The number of carbonyl (C=O) groups is 1. The number of hydrogen-bond donors (Lipinski definition) is 1. The van der Waals surface area contributed by atoms with E-state index in [-0.39, 0.29) is 22.7 Å². The standard InChI is InChI=1S/C25H21ClN2O4S/c1-16-3-8-19(9-4-16)27-24(29)15-28-14-23(25(30)21-13-17(2)5-12-22(21)28)33(31,32)20-10-6-18(26)7-11-20/h3-14H,15H2,1-2H3,(H,27,29). The van der Waals surface area contributed by atoms with Gasteiger partial charge in [-0.2, -0.15) is 0 Å². The third kappa shape index (κ3) is 4.69. The first-order chi connectivity index (χ1) is 15.6. The maximum atomic E-state index is 13.3. The molecule has 1 amide bonds. The molecule has 168 valence electrons. The minimum absolute atomic E-state index is 0.0494. The summed E-state index contributed by atoms with van der Waals surface area (Å²) >= 11 is 5.89. The maximum Gasteiger partial charge on any atom is 0.244 e. The van der Waals surface area contributed by atoms with Gasteiger partial charge in [0.1, 0.15) is 11.4 Å². The zero-order chi connectivity index (χ0) is 23.8. The number of amides is 1. The van der Waals surface area contributed by atoms with Crippen LogP contribution in [0.4, 0.5) is 5.69 Å². The molecule has 0 bridgehead atoms. The molecule has 0 atom stereocenters. The zero-order valence-corrected chi connectivity index (χ0v) is 19.6. The summed E-state index contributed by atoms with van der Waals surface area (Å²) in [6, 6.07) is 18.1. The Morgan fingerprint density at radius 3 is 2.24 bits per heavy atom.